The highest BCUT2D eigenvalue weighted by Crippen LogP contribution is 2.25. The molecule has 0 spiro atoms. The molecule has 2 atom stereocenters. The van der Waals surface area contributed by atoms with Crippen molar-refractivity contribution in [2.24, 2.45) is 11.7 Å². The van der Waals surface area contributed by atoms with Gasteiger partial charge >= 0.3 is 0 Å². The monoisotopic (exact) mass is 183 g/mol. The van der Waals surface area contributed by atoms with Gasteiger partial charge in [-0.15, -0.1) is 0 Å². The molecule has 2 fully saturated rings. The molecule has 2 rings (SSSR count). The molecule has 76 valence electrons. The van der Waals surface area contributed by atoms with Crippen molar-refractivity contribution >= 4 is 0 Å². The number of likely N-dealkylation sites (N-methyl/N-ethyl adjacent to an activating group) is 1. The topological polar surface area (TPSA) is 32.5 Å². The fourth-order valence-corrected chi connectivity index (χ4v) is 2.76. The molecule has 3 heteroatoms. The molecule has 13 heavy (non-hydrogen) atoms. The van der Waals surface area contributed by atoms with Crippen molar-refractivity contribution in [3.63, 3.8) is 0 Å². The Labute approximate surface area is 80.9 Å². The van der Waals surface area contributed by atoms with E-state index in [-0.39, 0.29) is 0 Å². The van der Waals surface area contributed by atoms with Gasteiger partial charge < -0.3 is 10.6 Å². The molecule has 2 aliphatic heterocycles. The Balaban J connectivity index is 2.02. The quantitative estimate of drug-likeness (QED) is 0.620. The van der Waals surface area contributed by atoms with Gasteiger partial charge in [0.05, 0.1) is 0 Å². The highest BCUT2D eigenvalue weighted by Gasteiger charge is 2.34. The zero-order valence-corrected chi connectivity index (χ0v) is 8.58. The van der Waals surface area contributed by atoms with Gasteiger partial charge in [-0.25, -0.2) is 0 Å². The van der Waals surface area contributed by atoms with E-state index in [1.165, 1.54) is 39.0 Å². The minimum absolute atomic E-state index is 0.748. The number of fused-ring (bicyclic) bond motifs is 1. The van der Waals surface area contributed by atoms with Crippen molar-refractivity contribution in [2.45, 2.75) is 18.9 Å². The third-order valence-corrected chi connectivity index (χ3v) is 3.59. The van der Waals surface area contributed by atoms with Crippen LogP contribution in [0.2, 0.25) is 0 Å². The highest BCUT2D eigenvalue weighted by atomic mass is 15.3. The van der Waals surface area contributed by atoms with Gasteiger partial charge in [0.2, 0.25) is 0 Å². The first-order valence-corrected chi connectivity index (χ1v) is 5.44. The Hall–Kier alpha value is -0.120. The maximum atomic E-state index is 5.79. The molecule has 0 bridgehead atoms. The second kappa shape index (κ2) is 3.95. The largest absolute Gasteiger partial charge is 0.330 e. The minimum atomic E-state index is 0.748. The molecule has 0 aromatic rings. The van der Waals surface area contributed by atoms with Crippen molar-refractivity contribution in [1.82, 2.24) is 9.80 Å². The van der Waals surface area contributed by atoms with Crippen LogP contribution in [0.4, 0.5) is 0 Å². The predicted octanol–water partition coefficient (Wildman–Crippen LogP) is -0.0289. The van der Waals surface area contributed by atoms with Gasteiger partial charge in [-0.05, 0) is 52.0 Å². The fourth-order valence-electron chi connectivity index (χ4n) is 2.76. The lowest BCUT2D eigenvalue weighted by Gasteiger charge is -2.27. The summed E-state index contributed by atoms with van der Waals surface area (Å²) in [4.78, 5) is 5.10. The first-order valence-electron chi connectivity index (χ1n) is 5.44. The van der Waals surface area contributed by atoms with E-state index >= 15 is 0 Å². The highest BCUT2D eigenvalue weighted by molar-refractivity contribution is 4.90. The maximum Gasteiger partial charge on any atom is 0.0263 e. The van der Waals surface area contributed by atoms with Crippen LogP contribution in [-0.4, -0.2) is 55.6 Å². The molecule has 0 aromatic carbocycles. The summed E-state index contributed by atoms with van der Waals surface area (Å²) in [5.41, 5.74) is 5.79. The average Bonchev–Trinajstić information content (AvgIpc) is 2.39. The third-order valence-electron chi connectivity index (χ3n) is 3.59. The van der Waals surface area contributed by atoms with Crippen LogP contribution in [0.3, 0.4) is 0 Å². The van der Waals surface area contributed by atoms with Crippen LogP contribution in [-0.2, 0) is 0 Å². The summed E-state index contributed by atoms with van der Waals surface area (Å²) < 4.78 is 0. The van der Waals surface area contributed by atoms with E-state index in [9.17, 15) is 0 Å². The normalized spacial score (nSPS) is 37.4. The van der Waals surface area contributed by atoms with E-state index in [4.69, 9.17) is 5.73 Å². The van der Waals surface area contributed by atoms with E-state index in [0.717, 1.165) is 18.5 Å². The molecule has 3 nitrogen and oxygen atoms in total. The molecular formula is C10H21N3. The lowest BCUT2D eigenvalue weighted by Crippen LogP contribution is -2.40. The van der Waals surface area contributed by atoms with Crippen LogP contribution in [0, 0.1) is 5.92 Å². The summed E-state index contributed by atoms with van der Waals surface area (Å²) >= 11 is 0. The second-order valence-electron chi connectivity index (χ2n) is 4.50. The zero-order chi connectivity index (χ0) is 9.26. The van der Waals surface area contributed by atoms with Gasteiger partial charge in [0.25, 0.3) is 0 Å². The molecule has 0 amide bonds. The summed E-state index contributed by atoms with van der Waals surface area (Å²) in [6, 6.07) is 0.748. The second-order valence-corrected chi connectivity index (χ2v) is 4.50. The number of hydrogen-bond acceptors (Lipinski definition) is 3. The molecule has 2 N–H and O–H groups in total. The smallest absolute Gasteiger partial charge is 0.0263 e. The zero-order valence-electron chi connectivity index (χ0n) is 8.58. The molecule has 0 aliphatic carbocycles. The van der Waals surface area contributed by atoms with Crippen LogP contribution >= 0.6 is 0 Å². The van der Waals surface area contributed by atoms with E-state index < -0.39 is 0 Å². The lowest BCUT2D eigenvalue weighted by atomic mass is 10.0. The predicted molar refractivity (Wildman–Crippen MR) is 54.6 cm³/mol. The molecule has 0 saturated carbocycles. The summed E-state index contributed by atoms with van der Waals surface area (Å²) in [6.07, 6.45) is 2.64. The van der Waals surface area contributed by atoms with E-state index in [1.54, 1.807) is 0 Å². The Kier molecular flexibility index (Phi) is 2.86. The van der Waals surface area contributed by atoms with Crippen molar-refractivity contribution in [2.75, 3.05) is 39.8 Å². The van der Waals surface area contributed by atoms with Crippen LogP contribution in [0.5, 0.6) is 0 Å². The summed E-state index contributed by atoms with van der Waals surface area (Å²) in [7, 11) is 2.23. The Morgan fingerprint density at radius 2 is 2.15 bits per heavy atom. The van der Waals surface area contributed by atoms with Gasteiger partial charge in [-0.3, -0.25) is 4.90 Å². The van der Waals surface area contributed by atoms with Gasteiger partial charge in [-0.2, -0.15) is 0 Å². The first kappa shape index (κ1) is 9.44. The van der Waals surface area contributed by atoms with E-state index in [1.807, 2.05) is 0 Å². The van der Waals surface area contributed by atoms with Gasteiger partial charge in [0, 0.05) is 12.6 Å². The summed E-state index contributed by atoms with van der Waals surface area (Å²) in [5, 5.41) is 0. The Bertz CT molecular complexity index is 172. The van der Waals surface area contributed by atoms with Crippen molar-refractivity contribution in [3.05, 3.63) is 0 Å². The minimum Gasteiger partial charge on any atom is -0.330 e. The molecule has 2 saturated heterocycles. The van der Waals surface area contributed by atoms with Gasteiger partial charge in [0.15, 0.2) is 0 Å². The molecule has 2 unspecified atom stereocenters. The molecule has 2 heterocycles. The summed E-state index contributed by atoms with van der Waals surface area (Å²) in [6.45, 7) is 5.91. The summed E-state index contributed by atoms with van der Waals surface area (Å²) in [5.74, 6) is 0.751. The Morgan fingerprint density at radius 3 is 2.92 bits per heavy atom. The standard InChI is InChI=1S/C10H21N3/c1-12-4-2-5-13-6-3-9(7-11)10(13)8-12/h9-10H,2-8,11H2,1H3. The van der Waals surface area contributed by atoms with Crippen molar-refractivity contribution in [3.8, 4) is 0 Å². The lowest BCUT2D eigenvalue weighted by molar-refractivity contribution is 0.211. The third kappa shape index (κ3) is 1.87. The SMILES string of the molecule is CN1CCCN2CCC(CN)C2C1. The van der Waals surface area contributed by atoms with E-state index in [2.05, 4.69) is 16.8 Å². The maximum absolute atomic E-state index is 5.79. The van der Waals surface area contributed by atoms with Gasteiger partial charge in [0.1, 0.15) is 0 Å². The van der Waals surface area contributed by atoms with Crippen LogP contribution in [0.25, 0.3) is 0 Å². The number of nitrogens with two attached hydrogens (primary N) is 1. The number of nitrogens with zero attached hydrogens (tertiary/aromatic N) is 2. The number of rotatable bonds is 1. The van der Waals surface area contributed by atoms with Crippen molar-refractivity contribution in [1.29, 1.82) is 0 Å². The average molecular weight is 183 g/mol. The van der Waals surface area contributed by atoms with E-state index in [0.29, 0.717) is 0 Å². The molecule has 2 aliphatic rings. The van der Waals surface area contributed by atoms with Gasteiger partial charge in [-0.1, -0.05) is 0 Å². The number of hydrogen-bond donors (Lipinski definition) is 1. The van der Waals surface area contributed by atoms with Crippen LogP contribution in [0.15, 0.2) is 0 Å². The fraction of sp³-hybridized carbons (Fsp3) is 1.00. The molecule has 0 aromatic heterocycles. The van der Waals surface area contributed by atoms with Crippen molar-refractivity contribution < 1.29 is 0 Å². The first-order chi connectivity index (χ1) is 6.31. The van der Waals surface area contributed by atoms with Crippen LogP contribution < -0.4 is 5.73 Å². The Morgan fingerprint density at radius 1 is 1.31 bits per heavy atom. The van der Waals surface area contributed by atoms with Crippen LogP contribution in [0.1, 0.15) is 12.8 Å². The molecular weight excluding hydrogens is 162 g/mol. The molecule has 0 radical (unpaired) electrons.